The van der Waals surface area contributed by atoms with Crippen molar-refractivity contribution in [3.8, 4) is 0 Å². The summed E-state index contributed by atoms with van der Waals surface area (Å²) in [4.78, 5) is 25.4. The highest BCUT2D eigenvalue weighted by Crippen LogP contribution is 2.11. The average molecular weight is 274 g/mol. The Bertz CT molecular complexity index is 482. The van der Waals surface area contributed by atoms with Gasteiger partial charge in [0.1, 0.15) is 6.04 Å². The summed E-state index contributed by atoms with van der Waals surface area (Å²) in [5, 5.41) is 2.77. The lowest BCUT2D eigenvalue weighted by atomic mass is 10.1. The van der Waals surface area contributed by atoms with E-state index in [0.717, 1.165) is 12.8 Å². The topological polar surface area (TPSA) is 49.4 Å². The molecule has 108 valence electrons. The van der Waals surface area contributed by atoms with Crippen LogP contribution in [0.25, 0.3) is 0 Å². The molecule has 0 aliphatic carbocycles. The molecule has 0 spiro atoms. The number of benzene rings is 1. The van der Waals surface area contributed by atoms with Crippen LogP contribution in [0.4, 0.5) is 0 Å². The largest absolute Gasteiger partial charge is 0.353 e. The van der Waals surface area contributed by atoms with Crippen LogP contribution in [0.5, 0.6) is 0 Å². The molecule has 0 radical (unpaired) electrons. The summed E-state index contributed by atoms with van der Waals surface area (Å²) in [6.45, 7) is 5.07. The van der Waals surface area contributed by atoms with Gasteiger partial charge in [0.05, 0.1) is 0 Å². The zero-order valence-electron chi connectivity index (χ0n) is 12.2. The van der Waals surface area contributed by atoms with Gasteiger partial charge >= 0.3 is 0 Å². The molecule has 1 saturated heterocycles. The first-order chi connectivity index (χ1) is 9.61. The quantitative estimate of drug-likeness (QED) is 0.905. The van der Waals surface area contributed by atoms with Crippen molar-refractivity contribution in [2.24, 2.45) is 0 Å². The van der Waals surface area contributed by atoms with E-state index in [9.17, 15) is 9.59 Å². The maximum atomic E-state index is 12.2. The minimum atomic E-state index is -0.348. The third-order valence-electron chi connectivity index (χ3n) is 3.88. The van der Waals surface area contributed by atoms with E-state index in [0.29, 0.717) is 19.5 Å². The SMILES string of the molecule is CCc1ccc(CCC(=O)N2CCNC(=O)C2C)cc1. The number of rotatable bonds is 4. The summed E-state index contributed by atoms with van der Waals surface area (Å²) in [6.07, 6.45) is 2.22. The molecule has 1 atom stereocenters. The van der Waals surface area contributed by atoms with Gasteiger partial charge in [-0.05, 0) is 30.9 Å². The van der Waals surface area contributed by atoms with E-state index in [1.54, 1.807) is 11.8 Å². The van der Waals surface area contributed by atoms with Gasteiger partial charge < -0.3 is 10.2 Å². The first kappa shape index (κ1) is 14.6. The molecule has 4 heteroatoms. The van der Waals surface area contributed by atoms with E-state index < -0.39 is 0 Å². The molecule has 0 bridgehead atoms. The summed E-state index contributed by atoms with van der Waals surface area (Å²) in [5.74, 6) is 0.00353. The van der Waals surface area contributed by atoms with Crippen LogP contribution < -0.4 is 5.32 Å². The Labute approximate surface area is 120 Å². The molecule has 1 heterocycles. The Morgan fingerprint density at radius 2 is 1.95 bits per heavy atom. The molecular weight excluding hydrogens is 252 g/mol. The third-order valence-corrected chi connectivity index (χ3v) is 3.88. The van der Waals surface area contributed by atoms with Gasteiger partial charge in [0.2, 0.25) is 11.8 Å². The van der Waals surface area contributed by atoms with Crippen LogP contribution in [0, 0.1) is 0 Å². The Kier molecular flexibility index (Phi) is 4.77. The summed E-state index contributed by atoms with van der Waals surface area (Å²) in [7, 11) is 0. The molecule has 1 fully saturated rings. The fraction of sp³-hybridized carbons (Fsp3) is 0.500. The van der Waals surface area contributed by atoms with E-state index in [-0.39, 0.29) is 17.9 Å². The van der Waals surface area contributed by atoms with Gasteiger partial charge in [0, 0.05) is 19.5 Å². The van der Waals surface area contributed by atoms with Crippen molar-refractivity contribution in [3.05, 3.63) is 35.4 Å². The maximum Gasteiger partial charge on any atom is 0.242 e. The fourth-order valence-electron chi connectivity index (χ4n) is 2.46. The molecule has 1 aliphatic rings. The molecule has 2 rings (SSSR count). The second-order valence-electron chi connectivity index (χ2n) is 5.22. The minimum Gasteiger partial charge on any atom is -0.353 e. The number of amides is 2. The number of hydrogen-bond donors (Lipinski definition) is 1. The molecular formula is C16H22N2O2. The summed E-state index contributed by atoms with van der Waals surface area (Å²) in [5.41, 5.74) is 2.48. The number of hydrogen-bond acceptors (Lipinski definition) is 2. The molecule has 0 saturated carbocycles. The zero-order chi connectivity index (χ0) is 14.5. The van der Waals surface area contributed by atoms with Crippen LogP contribution in [0.1, 0.15) is 31.4 Å². The molecule has 1 aliphatic heterocycles. The molecule has 1 N–H and O–H groups in total. The first-order valence-electron chi connectivity index (χ1n) is 7.26. The van der Waals surface area contributed by atoms with Gasteiger partial charge in [0.15, 0.2) is 0 Å². The van der Waals surface area contributed by atoms with Gasteiger partial charge in [-0.15, -0.1) is 0 Å². The molecule has 1 aromatic carbocycles. The van der Waals surface area contributed by atoms with Gasteiger partial charge in [-0.25, -0.2) is 0 Å². The van der Waals surface area contributed by atoms with Crippen molar-refractivity contribution in [3.63, 3.8) is 0 Å². The number of aryl methyl sites for hydroxylation is 2. The predicted molar refractivity (Wildman–Crippen MR) is 78.3 cm³/mol. The number of nitrogens with one attached hydrogen (secondary N) is 1. The van der Waals surface area contributed by atoms with Crippen molar-refractivity contribution < 1.29 is 9.59 Å². The Morgan fingerprint density at radius 3 is 2.60 bits per heavy atom. The standard InChI is InChI=1S/C16H22N2O2/c1-3-13-4-6-14(7-5-13)8-9-15(19)18-11-10-17-16(20)12(18)2/h4-7,12H,3,8-11H2,1-2H3,(H,17,20). The van der Waals surface area contributed by atoms with Crippen molar-refractivity contribution in [2.45, 2.75) is 39.2 Å². The Balaban J connectivity index is 1.89. The maximum absolute atomic E-state index is 12.2. The molecule has 1 aromatic rings. The van der Waals surface area contributed by atoms with Gasteiger partial charge in [-0.3, -0.25) is 9.59 Å². The van der Waals surface area contributed by atoms with E-state index >= 15 is 0 Å². The zero-order valence-corrected chi connectivity index (χ0v) is 12.2. The van der Waals surface area contributed by atoms with E-state index in [1.807, 2.05) is 0 Å². The van der Waals surface area contributed by atoms with Crippen LogP contribution in [0.2, 0.25) is 0 Å². The van der Waals surface area contributed by atoms with E-state index in [1.165, 1.54) is 11.1 Å². The highest BCUT2D eigenvalue weighted by molar-refractivity contribution is 5.88. The lowest BCUT2D eigenvalue weighted by molar-refractivity contribution is -0.142. The summed E-state index contributed by atoms with van der Waals surface area (Å²) in [6, 6.07) is 8.03. The van der Waals surface area contributed by atoms with Crippen molar-refractivity contribution in [2.75, 3.05) is 13.1 Å². The van der Waals surface area contributed by atoms with Crippen LogP contribution in [0.15, 0.2) is 24.3 Å². The van der Waals surface area contributed by atoms with Crippen LogP contribution in [-0.2, 0) is 22.4 Å². The highest BCUT2D eigenvalue weighted by Gasteiger charge is 2.28. The monoisotopic (exact) mass is 274 g/mol. The molecule has 4 nitrogen and oxygen atoms in total. The predicted octanol–water partition coefficient (Wildman–Crippen LogP) is 1.53. The Morgan fingerprint density at radius 1 is 1.30 bits per heavy atom. The second kappa shape index (κ2) is 6.55. The normalized spacial score (nSPS) is 18.8. The van der Waals surface area contributed by atoms with E-state index in [4.69, 9.17) is 0 Å². The molecule has 0 aromatic heterocycles. The lowest BCUT2D eigenvalue weighted by Gasteiger charge is -2.32. The minimum absolute atomic E-state index is 0.0584. The van der Waals surface area contributed by atoms with Gasteiger partial charge in [0.25, 0.3) is 0 Å². The molecule has 1 unspecified atom stereocenters. The smallest absolute Gasteiger partial charge is 0.242 e. The fourth-order valence-corrected chi connectivity index (χ4v) is 2.46. The third kappa shape index (κ3) is 3.38. The number of nitrogens with zero attached hydrogens (tertiary/aromatic N) is 1. The van der Waals surface area contributed by atoms with E-state index in [2.05, 4.69) is 36.5 Å². The first-order valence-corrected chi connectivity index (χ1v) is 7.26. The lowest BCUT2D eigenvalue weighted by Crippen LogP contribution is -2.55. The number of carbonyl (C=O) groups excluding carboxylic acids is 2. The second-order valence-corrected chi connectivity index (χ2v) is 5.22. The van der Waals surface area contributed by atoms with Crippen LogP contribution >= 0.6 is 0 Å². The van der Waals surface area contributed by atoms with Crippen LogP contribution in [0.3, 0.4) is 0 Å². The molecule has 2 amide bonds. The van der Waals surface area contributed by atoms with Crippen molar-refractivity contribution in [1.29, 1.82) is 0 Å². The number of piperazine rings is 1. The van der Waals surface area contributed by atoms with Gasteiger partial charge in [-0.2, -0.15) is 0 Å². The summed E-state index contributed by atoms with van der Waals surface area (Å²) < 4.78 is 0. The number of carbonyl (C=O) groups is 2. The average Bonchev–Trinajstić information content (AvgIpc) is 2.48. The Hall–Kier alpha value is -1.84. The summed E-state index contributed by atoms with van der Waals surface area (Å²) >= 11 is 0. The van der Waals surface area contributed by atoms with Crippen molar-refractivity contribution >= 4 is 11.8 Å². The van der Waals surface area contributed by atoms with Crippen molar-refractivity contribution in [1.82, 2.24) is 10.2 Å². The van der Waals surface area contributed by atoms with Gasteiger partial charge in [-0.1, -0.05) is 31.2 Å². The highest BCUT2D eigenvalue weighted by atomic mass is 16.2. The molecule has 20 heavy (non-hydrogen) atoms. The van der Waals surface area contributed by atoms with Crippen LogP contribution in [-0.4, -0.2) is 35.8 Å².